The van der Waals surface area contributed by atoms with Gasteiger partial charge in [-0.15, -0.1) is 0 Å². The van der Waals surface area contributed by atoms with Crippen molar-refractivity contribution in [3.05, 3.63) is 29.8 Å². The zero-order valence-corrected chi connectivity index (χ0v) is 17.8. The van der Waals surface area contributed by atoms with Crippen molar-refractivity contribution in [2.75, 3.05) is 13.1 Å². The summed E-state index contributed by atoms with van der Waals surface area (Å²) in [6.45, 7) is 5.66. The van der Waals surface area contributed by atoms with Crippen LogP contribution in [0.1, 0.15) is 76.7 Å². The molecule has 2 aliphatic heterocycles. The van der Waals surface area contributed by atoms with Crippen molar-refractivity contribution < 1.29 is 14.3 Å². The predicted molar refractivity (Wildman–Crippen MR) is 113 cm³/mol. The Morgan fingerprint density at radius 3 is 2.59 bits per heavy atom. The average Bonchev–Trinajstić information content (AvgIpc) is 2.65. The van der Waals surface area contributed by atoms with Crippen LogP contribution in [0.25, 0.3) is 0 Å². The quantitative estimate of drug-likeness (QED) is 0.815. The van der Waals surface area contributed by atoms with Crippen LogP contribution >= 0.6 is 0 Å². The van der Waals surface area contributed by atoms with Crippen LogP contribution in [0.2, 0.25) is 0 Å². The molecule has 1 aliphatic carbocycles. The smallest absolute Gasteiger partial charge is 0.222 e. The first-order valence-electron chi connectivity index (χ1n) is 11.3. The number of nitrogens with zero attached hydrogens (tertiary/aromatic N) is 1. The molecule has 158 valence electrons. The first kappa shape index (κ1) is 20.2. The van der Waals surface area contributed by atoms with E-state index in [2.05, 4.69) is 25.2 Å². The number of fused-ring (bicyclic) bond motifs is 1. The highest BCUT2D eigenvalue weighted by Crippen LogP contribution is 2.46. The standard InChI is InChI=1S/C24H34N2O3/c1-17(2)14-23(28)26-12-10-24(11-13-26)16-18(15-22(27)25-19-6-5-7-19)20-8-3-4-9-21(20)29-24/h3-4,8-9,17-19H,5-7,10-16H2,1-2H3,(H,25,27)/t18-/m0/s1. The fourth-order valence-electron chi connectivity index (χ4n) is 4.94. The summed E-state index contributed by atoms with van der Waals surface area (Å²) in [5, 5.41) is 3.19. The van der Waals surface area contributed by atoms with Gasteiger partial charge in [0.25, 0.3) is 0 Å². The number of carbonyl (C=O) groups is 2. The van der Waals surface area contributed by atoms with Gasteiger partial charge in [0, 0.05) is 50.7 Å². The summed E-state index contributed by atoms with van der Waals surface area (Å²) in [6, 6.07) is 8.55. The first-order chi connectivity index (χ1) is 13.9. The highest BCUT2D eigenvalue weighted by Gasteiger charge is 2.44. The normalized spacial score (nSPS) is 23.3. The summed E-state index contributed by atoms with van der Waals surface area (Å²) in [6.07, 6.45) is 7.11. The van der Waals surface area contributed by atoms with Crippen LogP contribution in [0.15, 0.2) is 24.3 Å². The highest BCUT2D eigenvalue weighted by atomic mass is 16.5. The van der Waals surface area contributed by atoms with Gasteiger partial charge < -0.3 is 15.0 Å². The predicted octanol–water partition coefficient (Wildman–Crippen LogP) is 4.02. The molecule has 5 nitrogen and oxygen atoms in total. The van der Waals surface area contributed by atoms with Crippen molar-refractivity contribution in [1.29, 1.82) is 0 Å². The van der Waals surface area contributed by atoms with E-state index in [1.54, 1.807) is 0 Å². The van der Waals surface area contributed by atoms with E-state index in [1.807, 2.05) is 23.1 Å². The zero-order chi connectivity index (χ0) is 20.4. The van der Waals surface area contributed by atoms with E-state index in [0.29, 0.717) is 24.8 Å². The maximum absolute atomic E-state index is 12.6. The summed E-state index contributed by atoms with van der Waals surface area (Å²) in [5.41, 5.74) is 0.893. The van der Waals surface area contributed by atoms with Crippen molar-refractivity contribution in [2.24, 2.45) is 5.92 Å². The lowest BCUT2D eigenvalue weighted by Gasteiger charge is -2.47. The molecule has 1 N–H and O–H groups in total. The molecular formula is C24H34N2O3. The molecule has 1 spiro atoms. The minimum absolute atomic E-state index is 0.163. The monoisotopic (exact) mass is 398 g/mol. The molecule has 1 atom stereocenters. The summed E-state index contributed by atoms with van der Waals surface area (Å²) < 4.78 is 6.53. The number of ether oxygens (including phenoxy) is 1. The third kappa shape index (κ3) is 4.59. The minimum Gasteiger partial charge on any atom is -0.487 e. The SMILES string of the molecule is CC(C)CC(=O)N1CCC2(CC1)C[C@H](CC(=O)NC1CCC1)c1ccccc1O2. The Kier molecular flexibility index (Phi) is 5.84. The third-order valence-corrected chi connectivity index (χ3v) is 6.82. The molecule has 1 saturated heterocycles. The fourth-order valence-corrected chi connectivity index (χ4v) is 4.94. The molecule has 0 unspecified atom stereocenters. The molecule has 1 aromatic carbocycles. The van der Waals surface area contributed by atoms with Crippen molar-refractivity contribution in [1.82, 2.24) is 10.2 Å². The second-order valence-corrected chi connectivity index (χ2v) is 9.60. The van der Waals surface area contributed by atoms with Gasteiger partial charge in [-0.05, 0) is 43.2 Å². The number of rotatable bonds is 5. The molecule has 2 fully saturated rings. The van der Waals surface area contributed by atoms with Gasteiger partial charge in [-0.1, -0.05) is 32.0 Å². The number of hydrogen-bond acceptors (Lipinski definition) is 3. The Morgan fingerprint density at radius 2 is 1.93 bits per heavy atom. The second-order valence-electron chi connectivity index (χ2n) is 9.60. The number of likely N-dealkylation sites (tertiary alicyclic amines) is 1. The van der Waals surface area contributed by atoms with E-state index in [0.717, 1.165) is 56.5 Å². The van der Waals surface area contributed by atoms with Crippen molar-refractivity contribution in [3.8, 4) is 5.75 Å². The van der Waals surface area contributed by atoms with Crippen LogP contribution in [-0.2, 0) is 9.59 Å². The van der Waals surface area contributed by atoms with Gasteiger partial charge in [0.15, 0.2) is 0 Å². The van der Waals surface area contributed by atoms with E-state index in [-0.39, 0.29) is 23.3 Å². The van der Waals surface area contributed by atoms with Crippen LogP contribution in [0, 0.1) is 5.92 Å². The molecule has 5 heteroatoms. The van der Waals surface area contributed by atoms with Gasteiger partial charge >= 0.3 is 0 Å². The molecule has 0 aromatic heterocycles. The van der Waals surface area contributed by atoms with Crippen molar-refractivity contribution in [3.63, 3.8) is 0 Å². The Morgan fingerprint density at radius 1 is 1.21 bits per heavy atom. The first-order valence-corrected chi connectivity index (χ1v) is 11.3. The van der Waals surface area contributed by atoms with E-state index < -0.39 is 0 Å². The zero-order valence-electron chi connectivity index (χ0n) is 17.8. The molecular weight excluding hydrogens is 364 g/mol. The second kappa shape index (κ2) is 8.37. The lowest BCUT2D eigenvalue weighted by Crippen LogP contribution is -2.52. The number of amides is 2. The molecule has 2 amide bonds. The summed E-state index contributed by atoms with van der Waals surface area (Å²) in [4.78, 5) is 27.1. The van der Waals surface area contributed by atoms with Gasteiger partial charge in [-0.3, -0.25) is 9.59 Å². The van der Waals surface area contributed by atoms with Gasteiger partial charge in [0.1, 0.15) is 11.4 Å². The van der Waals surface area contributed by atoms with Gasteiger partial charge in [-0.2, -0.15) is 0 Å². The van der Waals surface area contributed by atoms with E-state index in [9.17, 15) is 9.59 Å². The lowest BCUT2D eigenvalue weighted by atomic mass is 9.76. The molecule has 0 radical (unpaired) electrons. The molecule has 2 heterocycles. The molecule has 4 rings (SSSR count). The Labute approximate surface area is 174 Å². The highest BCUT2D eigenvalue weighted by molar-refractivity contribution is 5.78. The van der Waals surface area contributed by atoms with Crippen LogP contribution < -0.4 is 10.1 Å². The lowest BCUT2D eigenvalue weighted by molar-refractivity contribution is -0.136. The Balaban J connectivity index is 1.44. The number of carbonyl (C=O) groups excluding carboxylic acids is 2. The van der Waals surface area contributed by atoms with Crippen molar-refractivity contribution >= 4 is 11.8 Å². The number of benzene rings is 1. The fraction of sp³-hybridized carbons (Fsp3) is 0.667. The minimum atomic E-state index is -0.260. The summed E-state index contributed by atoms with van der Waals surface area (Å²) in [7, 11) is 0. The number of piperidine rings is 1. The topological polar surface area (TPSA) is 58.6 Å². The number of para-hydroxylation sites is 1. The third-order valence-electron chi connectivity index (χ3n) is 6.82. The Bertz CT molecular complexity index is 748. The molecule has 0 bridgehead atoms. The van der Waals surface area contributed by atoms with Gasteiger partial charge in [0.2, 0.25) is 11.8 Å². The van der Waals surface area contributed by atoms with Crippen LogP contribution in [0.3, 0.4) is 0 Å². The van der Waals surface area contributed by atoms with Crippen LogP contribution in [-0.4, -0.2) is 41.4 Å². The average molecular weight is 399 g/mol. The van der Waals surface area contributed by atoms with Crippen molar-refractivity contribution in [2.45, 2.75) is 82.8 Å². The van der Waals surface area contributed by atoms with E-state index in [1.165, 1.54) is 6.42 Å². The number of nitrogens with one attached hydrogen (secondary N) is 1. The molecule has 29 heavy (non-hydrogen) atoms. The van der Waals surface area contributed by atoms with E-state index in [4.69, 9.17) is 4.74 Å². The molecule has 3 aliphatic rings. The van der Waals surface area contributed by atoms with Crippen LogP contribution in [0.5, 0.6) is 5.75 Å². The maximum atomic E-state index is 12.6. The summed E-state index contributed by atoms with van der Waals surface area (Å²) >= 11 is 0. The maximum Gasteiger partial charge on any atom is 0.222 e. The van der Waals surface area contributed by atoms with E-state index >= 15 is 0 Å². The Hall–Kier alpha value is -2.04. The molecule has 1 saturated carbocycles. The molecule has 1 aromatic rings. The van der Waals surface area contributed by atoms with Gasteiger partial charge in [0.05, 0.1) is 0 Å². The number of hydrogen-bond donors (Lipinski definition) is 1. The largest absolute Gasteiger partial charge is 0.487 e. The summed E-state index contributed by atoms with van der Waals surface area (Å²) in [5.74, 6) is 1.90. The van der Waals surface area contributed by atoms with Gasteiger partial charge in [-0.25, -0.2) is 0 Å². The van der Waals surface area contributed by atoms with Crippen LogP contribution in [0.4, 0.5) is 0 Å².